The smallest absolute Gasteiger partial charge is 0.339 e. The Kier molecular flexibility index (Phi) is 7.37. The molecule has 12 heteroatoms. The summed E-state index contributed by atoms with van der Waals surface area (Å²) < 4.78 is 31.9. The molecule has 184 valence electrons. The van der Waals surface area contributed by atoms with Gasteiger partial charge in [-0.15, -0.1) is 0 Å². The van der Waals surface area contributed by atoms with E-state index < -0.39 is 33.5 Å². The Hall–Kier alpha value is -2.99. The first-order valence-electron chi connectivity index (χ1n) is 10.1. The van der Waals surface area contributed by atoms with Crippen molar-refractivity contribution in [3.05, 3.63) is 91.3 Å². The summed E-state index contributed by atoms with van der Waals surface area (Å²) in [7, 11) is -4.25. The molecule has 1 fully saturated rings. The van der Waals surface area contributed by atoms with Crippen LogP contribution in [-0.4, -0.2) is 26.3 Å². The van der Waals surface area contributed by atoms with Crippen molar-refractivity contribution in [2.24, 2.45) is 0 Å². The first-order chi connectivity index (χ1) is 17.0. The van der Waals surface area contributed by atoms with Crippen LogP contribution in [0.3, 0.4) is 0 Å². The number of urea groups is 1. The third-order valence-corrected chi connectivity index (χ3v) is 7.59. The van der Waals surface area contributed by atoms with Crippen molar-refractivity contribution < 1.29 is 27.0 Å². The van der Waals surface area contributed by atoms with E-state index in [0.29, 0.717) is 10.0 Å². The van der Waals surface area contributed by atoms with Gasteiger partial charge in [0.05, 0.1) is 10.2 Å². The SMILES string of the molecule is Cc1ccc(Cl)cc1N1C(=O)NC(=O)/C(=C\c2cc(Br)cc(Br)c2OS(=O)(=O)c2ccccc2)C1=O. The summed E-state index contributed by atoms with van der Waals surface area (Å²) in [6.07, 6.45) is 1.16. The number of aryl methyl sites for hydroxylation is 1. The Morgan fingerprint density at radius 3 is 2.39 bits per heavy atom. The number of barbiturate groups is 1. The fraction of sp³-hybridized carbons (Fsp3) is 0.0417. The van der Waals surface area contributed by atoms with Gasteiger partial charge >= 0.3 is 16.1 Å². The van der Waals surface area contributed by atoms with E-state index >= 15 is 0 Å². The third kappa shape index (κ3) is 5.24. The number of carbonyl (C=O) groups excluding carboxylic acids is 3. The molecule has 0 aliphatic carbocycles. The fourth-order valence-corrected chi connectivity index (χ4v) is 5.98. The number of nitrogens with one attached hydrogen (secondary N) is 1. The number of hydrogen-bond acceptors (Lipinski definition) is 6. The van der Waals surface area contributed by atoms with Gasteiger partial charge in [-0.2, -0.15) is 8.42 Å². The van der Waals surface area contributed by atoms with Gasteiger partial charge in [-0.3, -0.25) is 14.9 Å². The highest BCUT2D eigenvalue weighted by molar-refractivity contribution is 9.11. The molecule has 8 nitrogen and oxygen atoms in total. The lowest BCUT2D eigenvalue weighted by Crippen LogP contribution is -2.54. The minimum Gasteiger partial charge on any atom is -0.377 e. The summed E-state index contributed by atoms with van der Waals surface area (Å²) in [6, 6.07) is 14.2. The van der Waals surface area contributed by atoms with Crippen molar-refractivity contribution in [3.8, 4) is 5.75 Å². The van der Waals surface area contributed by atoms with Gasteiger partial charge in [-0.1, -0.05) is 51.8 Å². The van der Waals surface area contributed by atoms with Crippen LogP contribution in [0.2, 0.25) is 5.02 Å². The van der Waals surface area contributed by atoms with Gasteiger partial charge in [0.1, 0.15) is 10.5 Å². The number of imide groups is 2. The topological polar surface area (TPSA) is 110 Å². The lowest BCUT2D eigenvalue weighted by Gasteiger charge is -2.27. The Bertz CT molecular complexity index is 1560. The highest BCUT2D eigenvalue weighted by Crippen LogP contribution is 2.37. The number of hydrogen-bond donors (Lipinski definition) is 1. The van der Waals surface area contributed by atoms with Crippen molar-refractivity contribution in [1.82, 2.24) is 5.32 Å². The van der Waals surface area contributed by atoms with Gasteiger partial charge < -0.3 is 4.18 Å². The zero-order valence-electron chi connectivity index (χ0n) is 18.3. The molecule has 4 amide bonds. The lowest BCUT2D eigenvalue weighted by molar-refractivity contribution is -0.122. The first kappa shape index (κ1) is 26.1. The lowest BCUT2D eigenvalue weighted by atomic mass is 10.1. The Balaban J connectivity index is 1.82. The molecule has 36 heavy (non-hydrogen) atoms. The van der Waals surface area contributed by atoms with Gasteiger partial charge in [0.25, 0.3) is 11.8 Å². The van der Waals surface area contributed by atoms with Gasteiger partial charge in [-0.05, 0) is 70.9 Å². The van der Waals surface area contributed by atoms with E-state index in [1.54, 1.807) is 43.3 Å². The van der Waals surface area contributed by atoms with Crippen LogP contribution in [0, 0.1) is 6.92 Å². The molecule has 0 unspecified atom stereocenters. The first-order valence-corrected chi connectivity index (χ1v) is 13.5. The van der Waals surface area contributed by atoms with Crippen molar-refractivity contribution in [2.45, 2.75) is 11.8 Å². The maximum atomic E-state index is 13.4. The zero-order valence-corrected chi connectivity index (χ0v) is 23.0. The normalized spacial score (nSPS) is 15.3. The molecule has 0 bridgehead atoms. The Morgan fingerprint density at radius 1 is 1.00 bits per heavy atom. The van der Waals surface area contributed by atoms with Crippen molar-refractivity contribution in [1.29, 1.82) is 0 Å². The van der Waals surface area contributed by atoms with E-state index in [4.69, 9.17) is 15.8 Å². The molecule has 4 rings (SSSR count). The molecule has 0 spiro atoms. The van der Waals surface area contributed by atoms with E-state index in [9.17, 15) is 22.8 Å². The molecule has 0 aromatic heterocycles. The highest BCUT2D eigenvalue weighted by Gasteiger charge is 2.38. The Morgan fingerprint density at radius 2 is 1.69 bits per heavy atom. The number of carbonyl (C=O) groups is 3. The molecule has 0 atom stereocenters. The zero-order chi connectivity index (χ0) is 26.2. The predicted molar refractivity (Wildman–Crippen MR) is 141 cm³/mol. The van der Waals surface area contributed by atoms with Crippen LogP contribution in [0.5, 0.6) is 5.75 Å². The number of amides is 4. The quantitative estimate of drug-likeness (QED) is 0.218. The summed E-state index contributed by atoms with van der Waals surface area (Å²) in [5, 5.41) is 2.42. The van der Waals surface area contributed by atoms with E-state index in [2.05, 4.69) is 37.2 Å². The molecule has 1 saturated heterocycles. The van der Waals surface area contributed by atoms with E-state index in [0.717, 1.165) is 11.0 Å². The average molecular weight is 655 g/mol. The monoisotopic (exact) mass is 652 g/mol. The number of halogens is 3. The maximum Gasteiger partial charge on any atom is 0.339 e. The summed E-state index contributed by atoms with van der Waals surface area (Å²) >= 11 is 12.7. The summed E-state index contributed by atoms with van der Waals surface area (Å²) in [5.41, 5.74) is 0.439. The van der Waals surface area contributed by atoms with Gasteiger partial charge in [-0.25, -0.2) is 9.69 Å². The second-order valence-electron chi connectivity index (χ2n) is 7.55. The van der Waals surface area contributed by atoms with Gasteiger partial charge in [0.2, 0.25) is 0 Å². The fourth-order valence-electron chi connectivity index (χ4n) is 3.38. The van der Waals surface area contributed by atoms with Crippen LogP contribution in [0.25, 0.3) is 6.08 Å². The second-order valence-corrected chi connectivity index (χ2v) is 11.3. The molecule has 0 saturated carbocycles. The minimum atomic E-state index is -4.25. The highest BCUT2D eigenvalue weighted by atomic mass is 79.9. The van der Waals surface area contributed by atoms with Crippen LogP contribution < -0.4 is 14.4 Å². The molecule has 1 aliphatic heterocycles. The van der Waals surface area contributed by atoms with Crippen molar-refractivity contribution in [2.75, 3.05) is 4.90 Å². The third-order valence-electron chi connectivity index (χ3n) is 5.08. The predicted octanol–water partition coefficient (Wildman–Crippen LogP) is 5.61. The number of rotatable bonds is 5. The van der Waals surface area contributed by atoms with E-state index in [-0.39, 0.29) is 31.4 Å². The number of anilines is 1. The summed E-state index contributed by atoms with van der Waals surface area (Å²) in [4.78, 5) is 39.3. The summed E-state index contributed by atoms with van der Waals surface area (Å²) in [6.45, 7) is 1.68. The number of benzene rings is 3. The molecule has 1 aliphatic rings. The maximum absolute atomic E-state index is 13.4. The average Bonchev–Trinajstić information content (AvgIpc) is 2.81. The minimum absolute atomic E-state index is 0.0851. The van der Waals surface area contributed by atoms with Crippen LogP contribution in [0.4, 0.5) is 10.5 Å². The van der Waals surface area contributed by atoms with E-state index in [1.165, 1.54) is 24.3 Å². The summed E-state index contributed by atoms with van der Waals surface area (Å²) in [5.74, 6) is -2.02. The standard InChI is InChI=1S/C24H15Br2ClN2O6S/c1-13-7-8-16(27)12-20(13)29-23(31)18(22(30)28-24(29)32)10-14-9-15(25)11-19(26)21(14)35-36(33,34)17-5-3-2-4-6-17/h2-12H,1H3,(H,28,30,32)/b18-10+. The van der Waals surface area contributed by atoms with Crippen LogP contribution in [-0.2, 0) is 19.7 Å². The largest absolute Gasteiger partial charge is 0.377 e. The van der Waals surface area contributed by atoms with Crippen molar-refractivity contribution >= 4 is 83.2 Å². The van der Waals surface area contributed by atoms with Crippen molar-refractivity contribution in [3.63, 3.8) is 0 Å². The number of nitrogens with zero attached hydrogens (tertiary/aromatic N) is 1. The Labute approximate surface area is 228 Å². The van der Waals surface area contributed by atoms with Gasteiger partial charge in [0.15, 0.2) is 5.75 Å². The molecule has 1 N–H and O–H groups in total. The molecular formula is C24H15Br2ClN2O6S. The van der Waals surface area contributed by atoms with E-state index in [1.807, 2.05) is 0 Å². The molecule has 3 aromatic carbocycles. The van der Waals surface area contributed by atoms with Crippen LogP contribution >= 0.6 is 43.5 Å². The molecule has 1 heterocycles. The molecule has 0 radical (unpaired) electrons. The van der Waals surface area contributed by atoms with Crippen LogP contribution in [0.1, 0.15) is 11.1 Å². The van der Waals surface area contributed by atoms with Crippen LogP contribution in [0.15, 0.2) is 80.1 Å². The second kappa shape index (κ2) is 10.2. The molecular weight excluding hydrogens is 640 g/mol. The molecule has 3 aromatic rings. The van der Waals surface area contributed by atoms with Gasteiger partial charge in [0, 0.05) is 15.1 Å².